The number of rotatable bonds is 9. The SMILES string of the molecule is c1ccc(-c2ccccc2-c2ccccc2-c2ccccc2N(c2ccc(-c3cccc4c3oc3ccccc34)cc2)c2cccc3c2-c2ccccc2C3(c2ccccc2)c2ccccc2)cc1. The molecule has 0 saturated heterocycles. The van der Waals surface area contributed by atoms with Crippen LogP contribution in [0.5, 0.6) is 0 Å². The number of para-hydroxylation sites is 3. The van der Waals surface area contributed by atoms with Gasteiger partial charge in [0.25, 0.3) is 0 Å². The molecule has 1 aliphatic rings. The van der Waals surface area contributed by atoms with E-state index in [1.54, 1.807) is 0 Å². The van der Waals surface area contributed by atoms with Crippen LogP contribution < -0.4 is 4.90 Å². The van der Waals surface area contributed by atoms with Crippen molar-refractivity contribution in [1.82, 2.24) is 0 Å². The average Bonchev–Trinajstić information content (AvgIpc) is 3.97. The van der Waals surface area contributed by atoms with Gasteiger partial charge in [0.2, 0.25) is 0 Å². The molecular formula is C67H45NO. The van der Waals surface area contributed by atoms with Gasteiger partial charge >= 0.3 is 0 Å². The van der Waals surface area contributed by atoms with Crippen LogP contribution in [0.2, 0.25) is 0 Å². The molecule has 0 aliphatic heterocycles. The van der Waals surface area contributed by atoms with Gasteiger partial charge in [0.1, 0.15) is 11.2 Å². The van der Waals surface area contributed by atoms with E-state index >= 15 is 0 Å². The number of fused-ring (bicyclic) bond motifs is 6. The predicted molar refractivity (Wildman–Crippen MR) is 287 cm³/mol. The summed E-state index contributed by atoms with van der Waals surface area (Å²) < 4.78 is 6.57. The van der Waals surface area contributed by atoms with Crippen LogP contribution in [-0.2, 0) is 5.41 Å². The van der Waals surface area contributed by atoms with E-state index in [1.807, 2.05) is 6.07 Å². The Balaban J connectivity index is 1.07. The topological polar surface area (TPSA) is 16.4 Å². The van der Waals surface area contributed by atoms with Gasteiger partial charge < -0.3 is 9.32 Å². The first-order valence-corrected chi connectivity index (χ1v) is 23.8. The van der Waals surface area contributed by atoms with E-state index < -0.39 is 5.41 Å². The first-order chi connectivity index (χ1) is 34.3. The smallest absolute Gasteiger partial charge is 0.143 e. The molecule has 0 atom stereocenters. The lowest BCUT2D eigenvalue weighted by Gasteiger charge is -2.34. The van der Waals surface area contributed by atoms with Crippen LogP contribution in [0.1, 0.15) is 22.3 Å². The lowest BCUT2D eigenvalue weighted by molar-refractivity contribution is 0.670. The number of nitrogens with zero attached hydrogens (tertiary/aromatic N) is 1. The third-order valence-corrected chi connectivity index (χ3v) is 14.2. The Morgan fingerprint density at radius 1 is 0.290 bits per heavy atom. The van der Waals surface area contributed by atoms with Crippen molar-refractivity contribution < 1.29 is 4.42 Å². The van der Waals surface area contributed by atoms with Gasteiger partial charge in [-0.2, -0.15) is 0 Å². The highest BCUT2D eigenvalue weighted by atomic mass is 16.3. The zero-order valence-corrected chi connectivity index (χ0v) is 37.8. The highest BCUT2D eigenvalue weighted by Crippen LogP contribution is 2.60. The van der Waals surface area contributed by atoms with Gasteiger partial charge in [0.15, 0.2) is 0 Å². The molecule has 12 aromatic rings. The Hall–Kier alpha value is -8.98. The maximum atomic E-state index is 6.57. The van der Waals surface area contributed by atoms with Crippen LogP contribution in [0, 0.1) is 0 Å². The Bertz CT molecular complexity index is 3790. The largest absolute Gasteiger partial charge is 0.455 e. The standard InChI is InChI=1S/C67H45NO/c1-4-22-46(23-5-1)51-28-10-11-29-53(51)54-30-12-13-31-55(54)56-32-15-18-39-62(56)68(50-44-42-47(43-45-50)52-35-20-36-58-57-33-16-19-41-64(57)69-66(52)58)63-40-21-38-61-65(63)59-34-14-17-37-60(59)67(61,48-24-6-2-7-25-48)49-26-8-3-9-27-49/h1-45H. The molecule has 324 valence electrons. The highest BCUT2D eigenvalue weighted by Gasteiger charge is 2.47. The first kappa shape index (κ1) is 40.3. The van der Waals surface area contributed by atoms with Crippen molar-refractivity contribution in [2.24, 2.45) is 0 Å². The molecular weight excluding hydrogens is 835 g/mol. The second-order valence-corrected chi connectivity index (χ2v) is 17.9. The number of hydrogen-bond donors (Lipinski definition) is 0. The molecule has 2 nitrogen and oxygen atoms in total. The molecule has 13 rings (SSSR count). The van der Waals surface area contributed by atoms with Crippen molar-refractivity contribution in [3.63, 3.8) is 0 Å². The molecule has 0 radical (unpaired) electrons. The molecule has 0 saturated carbocycles. The lowest BCUT2D eigenvalue weighted by atomic mass is 9.68. The Labute approximate surface area is 402 Å². The molecule has 11 aromatic carbocycles. The van der Waals surface area contributed by atoms with Gasteiger partial charge in [-0.25, -0.2) is 0 Å². The van der Waals surface area contributed by atoms with Crippen molar-refractivity contribution in [2.45, 2.75) is 5.41 Å². The lowest BCUT2D eigenvalue weighted by Crippen LogP contribution is -2.28. The minimum Gasteiger partial charge on any atom is -0.455 e. The number of hydrogen-bond acceptors (Lipinski definition) is 2. The second kappa shape index (κ2) is 16.7. The molecule has 0 amide bonds. The third kappa shape index (κ3) is 6.48. The maximum absolute atomic E-state index is 6.57. The summed E-state index contributed by atoms with van der Waals surface area (Å²) in [4.78, 5) is 2.50. The molecule has 0 N–H and O–H groups in total. The summed E-state index contributed by atoms with van der Waals surface area (Å²) in [5.74, 6) is 0. The van der Waals surface area contributed by atoms with Gasteiger partial charge in [0.05, 0.1) is 16.8 Å². The summed E-state index contributed by atoms with van der Waals surface area (Å²) in [6.07, 6.45) is 0. The molecule has 1 heterocycles. The zero-order valence-electron chi connectivity index (χ0n) is 37.8. The average molecular weight is 880 g/mol. The van der Waals surface area contributed by atoms with Crippen molar-refractivity contribution in [3.8, 4) is 55.6 Å². The van der Waals surface area contributed by atoms with Gasteiger partial charge in [-0.1, -0.05) is 243 Å². The molecule has 0 fully saturated rings. The fourth-order valence-corrected chi connectivity index (χ4v) is 11.3. The molecule has 0 spiro atoms. The van der Waals surface area contributed by atoms with Gasteiger partial charge in [-0.3, -0.25) is 0 Å². The fourth-order valence-electron chi connectivity index (χ4n) is 11.3. The van der Waals surface area contributed by atoms with Crippen LogP contribution in [0.4, 0.5) is 17.1 Å². The third-order valence-electron chi connectivity index (χ3n) is 14.2. The van der Waals surface area contributed by atoms with E-state index in [0.717, 1.165) is 61.3 Å². The van der Waals surface area contributed by atoms with Gasteiger partial charge in [0, 0.05) is 33.2 Å². The first-order valence-electron chi connectivity index (χ1n) is 23.8. The summed E-state index contributed by atoms with van der Waals surface area (Å²) in [5.41, 5.74) is 21.1. The molecule has 2 heteroatoms. The molecule has 1 aliphatic carbocycles. The number of anilines is 3. The fraction of sp³-hybridized carbons (Fsp3) is 0.0149. The van der Waals surface area contributed by atoms with Gasteiger partial charge in [-0.05, 0) is 91.5 Å². The van der Waals surface area contributed by atoms with E-state index in [1.165, 1.54) is 55.6 Å². The van der Waals surface area contributed by atoms with Crippen LogP contribution in [-0.4, -0.2) is 0 Å². The summed E-state index contributed by atoms with van der Waals surface area (Å²) in [7, 11) is 0. The molecule has 1 aromatic heterocycles. The van der Waals surface area contributed by atoms with E-state index in [-0.39, 0.29) is 0 Å². The highest BCUT2D eigenvalue weighted by molar-refractivity contribution is 6.10. The van der Waals surface area contributed by atoms with E-state index in [9.17, 15) is 0 Å². The summed E-state index contributed by atoms with van der Waals surface area (Å²) in [6, 6.07) is 99.3. The summed E-state index contributed by atoms with van der Waals surface area (Å²) in [5, 5.41) is 2.25. The monoisotopic (exact) mass is 879 g/mol. The number of furan rings is 1. The normalized spacial score (nSPS) is 12.5. The van der Waals surface area contributed by atoms with E-state index in [4.69, 9.17) is 4.42 Å². The minimum atomic E-state index is -0.557. The Kier molecular flexibility index (Phi) is 9.77. The molecule has 0 unspecified atom stereocenters. The second-order valence-electron chi connectivity index (χ2n) is 17.9. The van der Waals surface area contributed by atoms with E-state index in [0.29, 0.717) is 0 Å². The van der Waals surface area contributed by atoms with Crippen LogP contribution in [0.25, 0.3) is 77.6 Å². The Morgan fingerprint density at radius 3 is 1.46 bits per heavy atom. The number of benzene rings is 11. The molecule has 0 bridgehead atoms. The predicted octanol–water partition coefficient (Wildman–Crippen LogP) is 18.1. The van der Waals surface area contributed by atoms with Crippen molar-refractivity contribution in [2.75, 3.05) is 4.90 Å². The maximum Gasteiger partial charge on any atom is 0.143 e. The zero-order chi connectivity index (χ0) is 45.7. The van der Waals surface area contributed by atoms with Crippen LogP contribution >= 0.6 is 0 Å². The van der Waals surface area contributed by atoms with E-state index in [2.05, 4.69) is 272 Å². The van der Waals surface area contributed by atoms with Crippen molar-refractivity contribution >= 4 is 39.0 Å². The minimum absolute atomic E-state index is 0.557. The molecule has 69 heavy (non-hydrogen) atoms. The van der Waals surface area contributed by atoms with Crippen LogP contribution in [0.3, 0.4) is 0 Å². The van der Waals surface area contributed by atoms with Crippen molar-refractivity contribution in [3.05, 3.63) is 295 Å². The Morgan fingerprint density at radius 2 is 0.754 bits per heavy atom. The quantitative estimate of drug-likeness (QED) is 0.144. The summed E-state index contributed by atoms with van der Waals surface area (Å²) >= 11 is 0. The summed E-state index contributed by atoms with van der Waals surface area (Å²) in [6.45, 7) is 0. The van der Waals surface area contributed by atoms with Crippen LogP contribution in [0.15, 0.2) is 277 Å². The van der Waals surface area contributed by atoms with Crippen molar-refractivity contribution in [1.29, 1.82) is 0 Å². The van der Waals surface area contributed by atoms with Gasteiger partial charge in [-0.15, -0.1) is 0 Å².